The zero-order chi connectivity index (χ0) is 33.0. The summed E-state index contributed by atoms with van der Waals surface area (Å²) in [5.74, 6) is -1.59. The van der Waals surface area contributed by atoms with Crippen molar-refractivity contribution in [3.05, 3.63) is 128 Å². The van der Waals surface area contributed by atoms with Crippen LogP contribution in [0, 0.1) is 10.1 Å². The van der Waals surface area contributed by atoms with Crippen LogP contribution in [0.5, 0.6) is 11.5 Å². The van der Waals surface area contributed by atoms with Crippen molar-refractivity contribution in [1.29, 1.82) is 0 Å². The van der Waals surface area contributed by atoms with Gasteiger partial charge in [-0.15, -0.1) is 0 Å². The Kier molecular flexibility index (Phi) is 8.80. The third kappa shape index (κ3) is 6.70. The molecule has 4 aromatic carbocycles. The van der Waals surface area contributed by atoms with Gasteiger partial charge in [-0.2, -0.15) is 22.9 Å². The Balaban J connectivity index is 1.59. The number of para-hydroxylation sites is 1. The van der Waals surface area contributed by atoms with Gasteiger partial charge in [0.25, 0.3) is 5.56 Å². The fourth-order valence-corrected chi connectivity index (χ4v) is 4.55. The van der Waals surface area contributed by atoms with Crippen molar-refractivity contribution in [1.82, 2.24) is 9.66 Å². The fourth-order valence-electron chi connectivity index (χ4n) is 4.55. The maximum absolute atomic E-state index is 13.5. The number of carboxylic acids is 1. The molecule has 0 fully saturated rings. The quantitative estimate of drug-likeness (QED) is 0.104. The summed E-state index contributed by atoms with van der Waals surface area (Å²) in [5.41, 5.74) is -1.40. The molecule has 14 heteroatoms. The average Bonchev–Trinajstić information content (AvgIpc) is 3.03. The number of nitro groups is 1. The van der Waals surface area contributed by atoms with Gasteiger partial charge in [-0.25, -0.2) is 9.78 Å². The van der Waals surface area contributed by atoms with Crippen molar-refractivity contribution in [3.8, 4) is 22.9 Å². The number of alkyl halides is 3. The lowest BCUT2D eigenvalue weighted by atomic mass is 10.1. The second-order valence-corrected chi connectivity index (χ2v) is 9.74. The summed E-state index contributed by atoms with van der Waals surface area (Å²) in [7, 11) is 0. The van der Waals surface area contributed by atoms with Gasteiger partial charge in [-0.3, -0.25) is 14.9 Å². The molecule has 0 aliphatic carbocycles. The molecule has 46 heavy (non-hydrogen) atoms. The topological polar surface area (TPSA) is 146 Å². The van der Waals surface area contributed by atoms with Gasteiger partial charge in [0.1, 0.15) is 6.61 Å². The summed E-state index contributed by atoms with van der Waals surface area (Å²) >= 11 is 0. The minimum absolute atomic E-state index is 0.00937. The highest BCUT2D eigenvalue weighted by Crippen LogP contribution is 2.39. The summed E-state index contributed by atoms with van der Waals surface area (Å²) in [5, 5.41) is 25.7. The largest absolute Gasteiger partial charge is 0.490 e. The van der Waals surface area contributed by atoms with Gasteiger partial charge < -0.3 is 14.6 Å². The predicted molar refractivity (Wildman–Crippen MR) is 161 cm³/mol. The smallest absolute Gasteiger partial charge is 0.416 e. The summed E-state index contributed by atoms with van der Waals surface area (Å²) < 4.78 is 52.7. The van der Waals surface area contributed by atoms with Crippen LogP contribution in [-0.4, -0.2) is 38.5 Å². The summed E-state index contributed by atoms with van der Waals surface area (Å²) in [6.07, 6.45) is -3.54. The number of aromatic carboxylic acids is 1. The van der Waals surface area contributed by atoms with Gasteiger partial charge in [-0.1, -0.05) is 36.4 Å². The van der Waals surface area contributed by atoms with Crippen molar-refractivity contribution >= 4 is 28.8 Å². The van der Waals surface area contributed by atoms with E-state index in [-0.39, 0.29) is 58.1 Å². The van der Waals surface area contributed by atoms with Gasteiger partial charge in [0.05, 0.1) is 39.8 Å². The number of rotatable bonds is 10. The first-order valence-corrected chi connectivity index (χ1v) is 13.6. The number of hydrogen-bond acceptors (Lipinski definition) is 8. The molecule has 234 valence electrons. The minimum Gasteiger partial charge on any atom is -0.490 e. The van der Waals surface area contributed by atoms with Crippen molar-refractivity contribution in [2.45, 2.75) is 19.7 Å². The number of fused-ring (bicyclic) bond motifs is 1. The van der Waals surface area contributed by atoms with E-state index in [2.05, 4.69) is 10.1 Å². The molecule has 1 N–H and O–H groups in total. The monoisotopic (exact) mass is 632 g/mol. The van der Waals surface area contributed by atoms with Crippen LogP contribution in [-0.2, 0) is 12.8 Å². The Morgan fingerprint density at radius 2 is 1.80 bits per heavy atom. The number of ether oxygens (including phenoxy) is 2. The lowest BCUT2D eigenvalue weighted by Crippen LogP contribution is -2.20. The molecule has 1 aromatic heterocycles. The van der Waals surface area contributed by atoms with Crippen LogP contribution < -0.4 is 15.0 Å². The molecule has 0 saturated carbocycles. The molecular weight excluding hydrogens is 609 g/mol. The molecule has 0 aliphatic rings. The van der Waals surface area contributed by atoms with E-state index in [0.717, 1.165) is 29.1 Å². The minimum atomic E-state index is -4.65. The van der Waals surface area contributed by atoms with Crippen LogP contribution in [0.1, 0.15) is 34.0 Å². The number of nitro benzene ring substituents is 1. The number of nitrogens with zero attached hydrogens (tertiary/aromatic N) is 4. The molecule has 0 radical (unpaired) electrons. The molecule has 0 aliphatic heterocycles. The van der Waals surface area contributed by atoms with Crippen molar-refractivity contribution in [2.24, 2.45) is 5.10 Å². The number of hydrogen-bond donors (Lipinski definition) is 1. The van der Waals surface area contributed by atoms with Crippen LogP contribution >= 0.6 is 0 Å². The summed E-state index contributed by atoms with van der Waals surface area (Å²) in [6, 6.07) is 18.9. The molecule has 0 atom stereocenters. The lowest BCUT2D eigenvalue weighted by molar-refractivity contribution is -0.386. The van der Waals surface area contributed by atoms with Crippen LogP contribution in [0.3, 0.4) is 0 Å². The zero-order valence-electron chi connectivity index (χ0n) is 23.9. The molecule has 0 unspecified atom stereocenters. The van der Waals surface area contributed by atoms with Crippen LogP contribution in [0.15, 0.2) is 94.8 Å². The molecule has 0 amide bonds. The van der Waals surface area contributed by atoms with Crippen molar-refractivity contribution < 1.29 is 37.5 Å². The highest BCUT2D eigenvalue weighted by molar-refractivity contribution is 5.87. The van der Waals surface area contributed by atoms with E-state index in [4.69, 9.17) is 9.47 Å². The second-order valence-electron chi connectivity index (χ2n) is 9.74. The lowest BCUT2D eigenvalue weighted by Gasteiger charge is -2.14. The predicted octanol–water partition coefficient (Wildman–Crippen LogP) is 6.55. The van der Waals surface area contributed by atoms with E-state index in [1.807, 2.05) is 0 Å². The van der Waals surface area contributed by atoms with E-state index in [9.17, 15) is 38.0 Å². The van der Waals surface area contributed by atoms with Crippen LogP contribution in [0.4, 0.5) is 18.9 Å². The third-order valence-corrected chi connectivity index (χ3v) is 6.64. The number of halogens is 3. The normalized spacial score (nSPS) is 11.6. The Morgan fingerprint density at radius 1 is 1.04 bits per heavy atom. The Bertz CT molecular complexity index is 2060. The Morgan fingerprint density at radius 3 is 2.52 bits per heavy atom. The van der Waals surface area contributed by atoms with Crippen molar-refractivity contribution in [2.75, 3.05) is 6.61 Å². The van der Waals surface area contributed by atoms with E-state index >= 15 is 0 Å². The SMILES string of the molecule is CCOc1cc(C=Nn2c(-c3cccc(C(F)(F)F)c3)nc3ccccc3c2=O)cc([N+](=O)[O-])c1OCc1cccc(C(=O)O)c1. The number of benzene rings is 4. The first-order valence-electron chi connectivity index (χ1n) is 13.6. The van der Waals surface area contributed by atoms with Gasteiger partial charge >= 0.3 is 17.8 Å². The standard InChI is InChI=1S/C32H23F3N4O7/c1-2-45-27-15-20(14-26(39(43)44)28(27)46-18-19-7-5-9-22(13-19)31(41)42)17-36-38-29(21-8-6-10-23(16-21)32(33,34)35)37-25-12-4-3-11-24(25)30(38)40/h3-17H,2,18H2,1H3,(H,41,42). The maximum Gasteiger partial charge on any atom is 0.416 e. The molecule has 0 bridgehead atoms. The van der Waals surface area contributed by atoms with Crippen molar-refractivity contribution in [3.63, 3.8) is 0 Å². The third-order valence-electron chi connectivity index (χ3n) is 6.64. The average molecular weight is 633 g/mol. The zero-order valence-corrected chi connectivity index (χ0v) is 23.9. The number of carboxylic acid groups (broad SMARTS) is 1. The first kappa shape index (κ1) is 31.4. The van der Waals surface area contributed by atoms with Crippen LogP contribution in [0.25, 0.3) is 22.3 Å². The molecule has 5 rings (SSSR count). The summed E-state index contributed by atoms with van der Waals surface area (Å²) in [4.78, 5) is 40.6. The van der Waals surface area contributed by atoms with E-state index in [0.29, 0.717) is 5.56 Å². The van der Waals surface area contributed by atoms with Gasteiger partial charge in [0.2, 0.25) is 5.75 Å². The van der Waals surface area contributed by atoms with E-state index in [1.165, 1.54) is 48.5 Å². The highest BCUT2D eigenvalue weighted by Gasteiger charge is 2.31. The molecular formula is C32H23F3N4O7. The number of aromatic nitrogens is 2. The van der Waals surface area contributed by atoms with Gasteiger partial charge in [-0.05, 0) is 55.0 Å². The maximum atomic E-state index is 13.5. The molecule has 11 nitrogen and oxygen atoms in total. The molecule has 5 aromatic rings. The fraction of sp³-hybridized carbons (Fsp3) is 0.125. The van der Waals surface area contributed by atoms with E-state index in [1.54, 1.807) is 25.1 Å². The molecule has 1 heterocycles. The number of carbonyl (C=O) groups is 1. The first-order chi connectivity index (χ1) is 22.0. The van der Waals surface area contributed by atoms with E-state index < -0.39 is 33.9 Å². The highest BCUT2D eigenvalue weighted by atomic mass is 19.4. The van der Waals surface area contributed by atoms with Gasteiger partial charge in [0, 0.05) is 17.2 Å². The summed E-state index contributed by atoms with van der Waals surface area (Å²) in [6.45, 7) is 1.53. The Hall–Kier alpha value is -6.05. The van der Waals surface area contributed by atoms with Crippen LogP contribution in [0.2, 0.25) is 0 Å². The molecule has 0 saturated heterocycles. The second kappa shape index (κ2) is 12.9. The van der Waals surface area contributed by atoms with Gasteiger partial charge in [0.15, 0.2) is 11.6 Å². The molecule has 0 spiro atoms. The Labute approximate surface area is 257 Å².